The van der Waals surface area contributed by atoms with Crippen LogP contribution < -0.4 is 4.74 Å². The van der Waals surface area contributed by atoms with Crippen molar-refractivity contribution in [2.45, 2.75) is 6.92 Å². The summed E-state index contributed by atoms with van der Waals surface area (Å²) >= 11 is 5.90. The SMILES string of the molecule is COc1nc(Cl)c(C)nc1-c1ccccc1. The molecular formula is C12H11ClN2O. The number of hydrogen-bond acceptors (Lipinski definition) is 3. The van der Waals surface area contributed by atoms with Gasteiger partial charge in [-0.2, -0.15) is 4.98 Å². The molecule has 0 N–H and O–H groups in total. The molecule has 4 heteroatoms. The van der Waals surface area contributed by atoms with E-state index in [4.69, 9.17) is 16.3 Å². The third-order valence-corrected chi connectivity index (χ3v) is 2.58. The lowest BCUT2D eigenvalue weighted by molar-refractivity contribution is 0.397. The maximum Gasteiger partial charge on any atom is 0.241 e. The second kappa shape index (κ2) is 4.49. The van der Waals surface area contributed by atoms with Crippen LogP contribution in [0.3, 0.4) is 0 Å². The van der Waals surface area contributed by atoms with Crippen LogP contribution in [-0.4, -0.2) is 17.1 Å². The Kier molecular flexibility index (Phi) is 3.06. The molecule has 0 radical (unpaired) electrons. The first-order valence-electron chi connectivity index (χ1n) is 4.86. The number of hydrogen-bond donors (Lipinski definition) is 0. The Morgan fingerprint density at radius 3 is 2.44 bits per heavy atom. The van der Waals surface area contributed by atoms with E-state index in [9.17, 15) is 0 Å². The van der Waals surface area contributed by atoms with Gasteiger partial charge in [0.15, 0.2) is 5.15 Å². The van der Waals surface area contributed by atoms with Crippen molar-refractivity contribution in [2.24, 2.45) is 0 Å². The third kappa shape index (κ3) is 1.99. The first-order chi connectivity index (χ1) is 7.72. The summed E-state index contributed by atoms with van der Waals surface area (Å²) < 4.78 is 5.18. The van der Waals surface area contributed by atoms with E-state index < -0.39 is 0 Å². The molecule has 0 aliphatic heterocycles. The molecule has 0 aliphatic carbocycles. The predicted molar refractivity (Wildman–Crippen MR) is 63.8 cm³/mol. The highest BCUT2D eigenvalue weighted by atomic mass is 35.5. The van der Waals surface area contributed by atoms with Gasteiger partial charge in [-0.05, 0) is 6.92 Å². The van der Waals surface area contributed by atoms with Crippen LogP contribution in [0.25, 0.3) is 11.3 Å². The smallest absolute Gasteiger partial charge is 0.241 e. The summed E-state index contributed by atoms with van der Waals surface area (Å²) in [6.45, 7) is 1.82. The number of benzene rings is 1. The molecule has 2 aromatic rings. The topological polar surface area (TPSA) is 35.0 Å². The van der Waals surface area contributed by atoms with Gasteiger partial charge in [-0.15, -0.1) is 0 Å². The highest BCUT2D eigenvalue weighted by Crippen LogP contribution is 2.28. The highest BCUT2D eigenvalue weighted by molar-refractivity contribution is 6.30. The number of aryl methyl sites for hydroxylation is 1. The number of halogens is 1. The molecule has 1 heterocycles. The lowest BCUT2D eigenvalue weighted by atomic mass is 10.1. The van der Waals surface area contributed by atoms with E-state index in [1.807, 2.05) is 37.3 Å². The van der Waals surface area contributed by atoms with Crippen molar-refractivity contribution < 1.29 is 4.74 Å². The minimum Gasteiger partial charge on any atom is -0.479 e. The number of methoxy groups -OCH3 is 1. The summed E-state index contributed by atoms with van der Waals surface area (Å²) in [5.74, 6) is 0.446. The summed E-state index contributed by atoms with van der Waals surface area (Å²) in [4.78, 5) is 8.54. The molecule has 82 valence electrons. The number of nitrogens with zero attached hydrogens (tertiary/aromatic N) is 2. The summed E-state index contributed by atoms with van der Waals surface area (Å²) in [6.07, 6.45) is 0. The molecule has 0 atom stereocenters. The number of aromatic nitrogens is 2. The maximum absolute atomic E-state index is 5.90. The molecule has 0 aliphatic rings. The molecule has 0 saturated heterocycles. The average molecular weight is 235 g/mol. The maximum atomic E-state index is 5.90. The zero-order chi connectivity index (χ0) is 11.5. The van der Waals surface area contributed by atoms with E-state index in [-0.39, 0.29) is 0 Å². The van der Waals surface area contributed by atoms with Gasteiger partial charge in [0.25, 0.3) is 0 Å². The number of rotatable bonds is 2. The molecule has 1 aromatic heterocycles. The van der Waals surface area contributed by atoms with Gasteiger partial charge in [0.1, 0.15) is 5.69 Å². The predicted octanol–water partition coefficient (Wildman–Crippen LogP) is 3.11. The first-order valence-corrected chi connectivity index (χ1v) is 5.23. The Morgan fingerprint density at radius 2 is 1.81 bits per heavy atom. The fraction of sp³-hybridized carbons (Fsp3) is 0.167. The largest absolute Gasteiger partial charge is 0.479 e. The lowest BCUT2D eigenvalue weighted by Gasteiger charge is -2.08. The number of ether oxygens (including phenoxy) is 1. The molecule has 0 fully saturated rings. The molecule has 0 spiro atoms. The molecule has 0 unspecified atom stereocenters. The van der Waals surface area contributed by atoms with Gasteiger partial charge in [-0.25, -0.2) is 4.98 Å². The van der Waals surface area contributed by atoms with Gasteiger partial charge in [-0.3, -0.25) is 0 Å². The van der Waals surface area contributed by atoms with Crippen LogP contribution in [-0.2, 0) is 0 Å². The Hall–Kier alpha value is -1.61. The Morgan fingerprint density at radius 1 is 1.12 bits per heavy atom. The van der Waals surface area contributed by atoms with E-state index in [1.165, 1.54) is 0 Å². The Balaban J connectivity index is 2.60. The highest BCUT2D eigenvalue weighted by Gasteiger charge is 2.11. The van der Waals surface area contributed by atoms with Crippen LogP contribution in [0.1, 0.15) is 5.69 Å². The van der Waals surface area contributed by atoms with Gasteiger partial charge in [0.05, 0.1) is 12.8 Å². The van der Waals surface area contributed by atoms with Crippen molar-refractivity contribution in [3.05, 3.63) is 41.2 Å². The van der Waals surface area contributed by atoms with Gasteiger partial charge in [0, 0.05) is 5.56 Å². The zero-order valence-corrected chi connectivity index (χ0v) is 9.82. The molecule has 0 bridgehead atoms. The standard InChI is InChI=1S/C12H11ClN2O/c1-8-11(13)15-12(16-2)10(14-8)9-6-4-3-5-7-9/h3-7H,1-2H3. The molecule has 0 saturated carbocycles. The zero-order valence-electron chi connectivity index (χ0n) is 9.07. The molecular weight excluding hydrogens is 224 g/mol. The van der Waals surface area contributed by atoms with E-state index in [2.05, 4.69) is 9.97 Å². The fourth-order valence-corrected chi connectivity index (χ4v) is 1.53. The Labute approximate surface area is 99.1 Å². The molecule has 3 nitrogen and oxygen atoms in total. The van der Waals surface area contributed by atoms with Crippen molar-refractivity contribution >= 4 is 11.6 Å². The van der Waals surface area contributed by atoms with Crippen molar-refractivity contribution in [3.63, 3.8) is 0 Å². The molecule has 0 amide bonds. The monoisotopic (exact) mass is 234 g/mol. The van der Waals surface area contributed by atoms with Gasteiger partial charge >= 0.3 is 0 Å². The minimum absolute atomic E-state index is 0.372. The Bertz CT molecular complexity index is 500. The second-order valence-electron chi connectivity index (χ2n) is 3.32. The van der Waals surface area contributed by atoms with Crippen molar-refractivity contribution in [3.8, 4) is 17.1 Å². The van der Waals surface area contributed by atoms with Crippen molar-refractivity contribution in [1.82, 2.24) is 9.97 Å². The third-order valence-electron chi connectivity index (χ3n) is 2.22. The normalized spacial score (nSPS) is 10.2. The van der Waals surface area contributed by atoms with Crippen LogP contribution in [0.5, 0.6) is 5.88 Å². The van der Waals surface area contributed by atoms with E-state index in [1.54, 1.807) is 7.11 Å². The summed E-state index contributed by atoms with van der Waals surface area (Å²) in [5.41, 5.74) is 2.37. The van der Waals surface area contributed by atoms with Gasteiger partial charge < -0.3 is 4.74 Å². The fourth-order valence-electron chi connectivity index (χ4n) is 1.41. The van der Waals surface area contributed by atoms with Gasteiger partial charge in [-0.1, -0.05) is 41.9 Å². The van der Waals surface area contributed by atoms with Crippen LogP contribution in [0.4, 0.5) is 0 Å². The summed E-state index contributed by atoms with van der Waals surface area (Å²) in [6, 6.07) is 9.76. The van der Waals surface area contributed by atoms with E-state index >= 15 is 0 Å². The van der Waals surface area contributed by atoms with E-state index in [0.29, 0.717) is 22.4 Å². The van der Waals surface area contributed by atoms with Crippen molar-refractivity contribution in [2.75, 3.05) is 7.11 Å². The molecule has 1 aromatic carbocycles. The van der Waals surface area contributed by atoms with Crippen LogP contribution in [0, 0.1) is 6.92 Å². The molecule has 16 heavy (non-hydrogen) atoms. The quantitative estimate of drug-likeness (QED) is 0.801. The minimum atomic E-state index is 0.372. The molecule has 2 rings (SSSR count). The van der Waals surface area contributed by atoms with Crippen LogP contribution in [0.2, 0.25) is 5.15 Å². The van der Waals surface area contributed by atoms with Crippen LogP contribution >= 0.6 is 11.6 Å². The lowest BCUT2D eigenvalue weighted by Crippen LogP contribution is -1.98. The summed E-state index contributed by atoms with van der Waals surface area (Å²) in [7, 11) is 1.56. The van der Waals surface area contributed by atoms with Crippen LogP contribution in [0.15, 0.2) is 30.3 Å². The van der Waals surface area contributed by atoms with Gasteiger partial charge in [0.2, 0.25) is 5.88 Å². The van der Waals surface area contributed by atoms with Crippen molar-refractivity contribution in [1.29, 1.82) is 0 Å². The summed E-state index contributed by atoms with van der Waals surface area (Å²) in [5, 5.41) is 0.372. The van der Waals surface area contributed by atoms with E-state index in [0.717, 1.165) is 5.56 Å². The average Bonchev–Trinajstić information content (AvgIpc) is 2.33. The first kappa shape index (κ1) is 10.9. The second-order valence-corrected chi connectivity index (χ2v) is 3.68.